The standard InChI is InChI=1S/C17H22N6O2/c18-17(8-4-5-9-17)15(25)21-16-20-12-23(22-16)11-14(24)19-10-13-6-2-1-3-7-13/h1-3,6-7,12H,4-5,8-11,18H2,(H,19,24)(H,21,22,25). The van der Waals surface area contributed by atoms with Crippen LogP contribution in [0, 0.1) is 0 Å². The van der Waals surface area contributed by atoms with Gasteiger partial charge in [-0.25, -0.2) is 9.67 Å². The van der Waals surface area contributed by atoms with Crippen LogP contribution in [0.15, 0.2) is 36.7 Å². The zero-order chi connectivity index (χ0) is 17.7. The predicted molar refractivity (Wildman–Crippen MR) is 92.3 cm³/mol. The number of aromatic nitrogens is 3. The number of nitrogens with zero attached hydrogens (tertiary/aromatic N) is 3. The zero-order valence-electron chi connectivity index (χ0n) is 13.9. The van der Waals surface area contributed by atoms with Crippen molar-refractivity contribution in [3.63, 3.8) is 0 Å². The molecule has 3 rings (SSSR count). The molecule has 8 heteroatoms. The molecule has 0 saturated heterocycles. The maximum Gasteiger partial charge on any atom is 0.248 e. The van der Waals surface area contributed by atoms with Gasteiger partial charge in [-0.3, -0.25) is 14.9 Å². The van der Waals surface area contributed by atoms with Crippen LogP contribution < -0.4 is 16.4 Å². The van der Waals surface area contributed by atoms with E-state index < -0.39 is 5.54 Å². The molecule has 25 heavy (non-hydrogen) atoms. The number of amides is 2. The molecular formula is C17H22N6O2. The van der Waals surface area contributed by atoms with E-state index in [2.05, 4.69) is 20.7 Å². The highest BCUT2D eigenvalue weighted by Gasteiger charge is 2.37. The van der Waals surface area contributed by atoms with Gasteiger partial charge in [-0.1, -0.05) is 43.2 Å². The molecule has 1 aliphatic rings. The number of benzene rings is 1. The molecule has 1 fully saturated rings. The molecule has 4 N–H and O–H groups in total. The molecule has 0 bridgehead atoms. The van der Waals surface area contributed by atoms with Gasteiger partial charge in [0.25, 0.3) is 0 Å². The minimum absolute atomic E-state index is 0.0312. The highest BCUT2D eigenvalue weighted by atomic mass is 16.2. The highest BCUT2D eigenvalue weighted by Crippen LogP contribution is 2.27. The van der Waals surface area contributed by atoms with Crippen LogP contribution in [0.5, 0.6) is 0 Å². The molecule has 1 aliphatic carbocycles. The summed E-state index contributed by atoms with van der Waals surface area (Å²) in [6.07, 6.45) is 4.65. The molecule has 0 atom stereocenters. The lowest BCUT2D eigenvalue weighted by atomic mass is 9.98. The van der Waals surface area contributed by atoms with E-state index in [0.717, 1.165) is 18.4 Å². The van der Waals surface area contributed by atoms with Gasteiger partial charge in [0.1, 0.15) is 12.9 Å². The smallest absolute Gasteiger partial charge is 0.248 e. The van der Waals surface area contributed by atoms with Crippen LogP contribution in [0.25, 0.3) is 0 Å². The number of hydrogen-bond acceptors (Lipinski definition) is 5. The van der Waals surface area contributed by atoms with E-state index in [-0.39, 0.29) is 24.3 Å². The van der Waals surface area contributed by atoms with Crippen LogP contribution in [0.1, 0.15) is 31.2 Å². The Morgan fingerprint density at radius 1 is 1.20 bits per heavy atom. The van der Waals surface area contributed by atoms with Crippen molar-refractivity contribution in [2.45, 2.75) is 44.3 Å². The lowest BCUT2D eigenvalue weighted by Gasteiger charge is -2.20. The highest BCUT2D eigenvalue weighted by molar-refractivity contribution is 5.96. The summed E-state index contributed by atoms with van der Waals surface area (Å²) in [7, 11) is 0. The normalized spacial score (nSPS) is 15.7. The van der Waals surface area contributed by atoms with Crippen molar-refractivity contribution in [2.24, 2.45) is 5.73 Å². The van der Waals surface area contributed by atoms with Gasteiger partial charge in [0.05, 0.1) is 5.54 Å². The zero-order valence-corrected chi connectivity index (χ0v) is 13.9. The molecule has 1 aromatic heterocycles. The Morgan fingerprint density at radius 3 is 2.64 bits per heavy atom. The molecule has 0 aliphatic heterocycles. The number of nitrogens with one attached hydrogen (secondary N) is 2. The molecule has 1 aromatic carbocycles. The molecule has 1 saturated carbocycles. The van der Waals surface area contributed by atoms with Crippen LogP contribution in [-0.4, -0.2) is 32.1 Å². The lowest BCUT2D eigenvalue weighted by molar-refractivity contribution is -0.122. The van der Waals surface area contributed by atoms with E-state index in [1.54, 1.807) is 0 Å². The van der Waals surface area contributed by atoms with Crippen LogP contribution in [0.4, 0.5) is 5.95 Å². The summed E-state index contributed by atoms with van der Waals surface area (Å²) >= 11 is 0. The molecule has 0 unspecified atom stereocenters. The SMILES string of the molecule is NC1(C(=O)Nc2ncn(CC(=O)NCc3ccccc3)n2)CCCC1. The Kier molecular flexibility index (Phi) is 5.08. The Hall–Kier alpha value is -2.74. The van der Waals surface area contributed by atoms with Gasteiger partial charge in [-0.05, 0) is 18.4 Å². The molecule has 2 amide bonds. The fourth-order valence-electron chi connectivity index (χ4n) is 2.89. The second-order valence-corrected chi connectivity index (χ2v) is 6.35. The van der Waals surface area contributed by atoms with Gasteiger partial charge < -0.3 is 11.1 Å². The second kappa shape index (κ2) is 7.43. The molecule has 1 heterocycles. The van der Waals surface area contributed by atoms with Crippen molar-refractivity contribution >= 4 is 17.8 Å². The monoisotopic (exact) mass is 342 g/mol. The van der Waals surface area contributed by atoms with Crippen LogP contribution in [-0.2, 0) is 22.7 Å². The van der Waals surface area contributed by atoms with E-state index in [1.165, 1.54) is 11.0 Å². The molecule has 2 aromatic rings. The van der Waals surface area contributed by atoms with Crippen molar-refractivity contribution in [2.75, 3.05) is 5.32 Å². The average Bonchev–Trinajstić information content (AvgIpc) is 3.24. The van der Waals surface area contributed by atoms with Crippen molar-refractivity contribution in [3.05, 3.63) is 42.2 Å². The molecule has 0 radical (unpaired) electrons. The largest absolute Gasteiger partial charge is 0.350 e. The molecule has 132 valence electrons. The summed E-state index contributed by atoms with van der Waals surface area (Å²) in [5.41, 5.74) is 6.28. The first-order valence-electron chi connectivity index (χ1n) is 8.36. The van der Waals surface area contributed by atoms with Gasteiger partial charge in [0.2, 0.25) is 17.8 Å². The summed E-state index contributed by atoms with van der Waals surface area (Å²) in [6.45, 7) is 0.483. The molecule has 0 spiro atoms. The first kappa shape index (κ1) is 17.1. The van der Waals surface area contributed by atoms with E-state index in [1.807, 2.05) is 30.3 Å². The minimum atomic E-state index is -0.835. The second-order valence-electron chi connectivity index (χ2n) is 6.35. The number of anilines is 1. The van der Waals surface area contributed by atoms with Gasteiger partial charge in [-0.2, -0.15) is 0 Å². The first-order valence-corrected chi connectivity index (χ1v) is 8.36. The average molecular weight is 342 g/mol. The predicted octanol–water partition coefficient (Wildman–Crippen LogP) is 0.804. The fourth-order valence-corrected chi connectivity index (χ4v) is 2.89. The summed E-state index contributed by atoms with van der Waals surface area (Å²) in [5, 5.41) is 9.56. The third-order valence-corrected chi connectivity index (χ3v) is 4.35. The molecular weight excluding hydrogens is 320 g/mol. The van der Waals surface area contributed by atoms with Crippen molar-refractivity contribution in [3.8, 4) is 0 Å². The number of carbonyl (C=O) groups is 2. The van der Waals surface area contributed by atoms with Crippen molar-refractivity contribution in [1.82, 2.24) is 20.1 Å². The Balaban J connectivity index is 1.49. The first-order chi connectivity index (χ1) is 12.0. The lowest BCUT2D eigenvalue weighted by Crippen LogP contribution is -2.48. The Bertz CT molecular complexity index is 737. The maximum atomic E-state index is 12.2. The molecule has 8 nitrogen and oxygen atoms in total. The number of hydrogen-bond donors (Lipinski definition) is 3. The minimum Gasteiger partial charge on any atom is -0.350 e. The Labute approximate surface area is 145 Å². The van der Waals surface area contributed by atoms with E-state index in [4.69, 9.17) is 5.73 Å². The third kappa shape index (κ3) is 4.42. The van der Waals surface area contributed by atoms with Gasteiger partial charge in [0, 0.05) is 6.54 Å². The van der Waals surface area contributed by atoms with Crippen LogP contribution >= 0.6 is 0 Å². The van der Waals surface area contributed by atoms with Gasteiger partial charge >= 0.3 is 0 Å². The number of nitrogens with two attached hydrogens (primary N) is 1. The van der Waals surface area contributed by atoms with Gasteiger partial charge in [-0.15, -0.1) is 5.10 Å². The van der Waals surface area contributed by atoms with Crippen molar-refractivity contribution < 1.29 is 9.59 Å². The van der Waals surface area contributed by atoms with E-state index in [9.17, 15) is 9.59 Å². The van der Waals surface area contributed by atoms with Crippen LogP contribution in [0.3, 0.4) is 0 Å². The topological polar surface area (TPSA) is 115 Å². The van der Waals surface area contributed by atoms with E-state index in [0.29, 0.717) is 19.4 Å². The summed E-state index contributed by atoms with van der Waals surface area (Å²) in [5.74, 6) is -0.286. The fraction of sp³-hybridized carbons (Fsp3) is 0.412. The number of rotatable bonds is 6. The van der Waals surface area contributed by atoms with Crippen molar-refractivity contribution in [1.29, 1.82) is 0 Å². The maximum absolute atomic E-state index is 12.2. The quantitative estimate of drug-likeness (QED) is 0.718. The summed E-state index contributed by atoms with van der Waals surface area (Å²) in [4.78, 5) is 28.2. The Morgan fingerprint density at radius 2 is 1.92 bits per heavy atom. The number of carbonyl (C=O) groups excluding carboxylic acids is 2. The summed E-state index contributed by atoms with van der Waals surface area (Å²) < 4.78 is 1.38. The summed E-state index contributed by atoms with van der Waals surface area (Å²) in [6, 6.07) is 9.64. The van der Waals surface area contributed by atoms with E-state index >= 15 is 0 Å². The third-order valence-electron chi connectivity index (χ3n) is 4.35. The van der Waals surface area contributed by atoms with Gasteiger partial charge in [0.15, 0.2) is 0 Å². The van der Waals surface area contributed by atoms with Crippen LogP contribution in [0.2, 0.25) is 0 Å².